The molecule has 0 bridgehead atoms. The van der Waals surface area contributed by atoms with Crippen molar-refractivity contribution in [2.75, 3.05) is 6.67 Å². The van der Waals surface area contributed by atoms with Gasteiger partial charge >= 0.3 is 0 Å². The van der Waals surface area contributed by atoms with E-state index < -0.39 is 0 Å². The third-order valence-corrected chi connectivity index (χ3v) is 4.26. The number of fused-ring (bicyclic) bond motifs is 1. The zero-order valence-electron chi connectivity index (χ0n) is 12.5. The highest BCUT2D eigenvalue weighted by atomic mass is 15.2. The molecule has 0 radical (unpaired) electrons. The number of benzene rings is 1. The Labute approximate surface area is 126 Å². The van der Waals surface area contributed by atoms with Crippen LogP contribution < -0.4 is 16.0 Å². The maximum absolute atomic E-state index is 4.35. The predicted octanol–water partition coefficient (Wildman–Crippen LogP) is 2.32. The first kappa shape index (κ1) is 14.1. The molecule has 4 heteroatoms. The monoisotopic (exact) mass is 284 g/mol. The zero-order valence-corrected chi connectivity index (χ0v) is 12.5. The molecule has 112 valence electrons. The molecule has 3 atom stereocenters. The van der Waals surface area contributed by atoms with Gasteiger partial charge in [-0.05, 0) is 31.7 Å². The minimum absolute atomic E-state index is 0.297. The SMILES string of the molecule is C1=C2NCNC2CCC1.CC1NC=NC1c1ccccc1. The van der Waals surface area contributed by atoms with Gasteiger partial charge in [0.05, 0.1) is 25.1 Å². The minimum atomic E-state index is 0.297. The first-order valence-electron chi connectivity index (χ1n) is 7.84. The summed E-state index contributed by atoms with van der Waals surface area (Å²) < 4.78 is 0. The Hall–Kier alpha value is -1.81. The fourth-order valence-electron chi connectivity index (χ4n) is 3.05. The van der Waals surface area contributed by atoms with E-state index >= 15 is 0 Å². The van der Waals surface area contributed by atoms with Crippen LogP contribution in [0.25, 0.3) is 0 Å². The average Bonchev–Trinajstić information content (AvgIpc) is 3.17. The Bertz CT molecular complexity index is 509. The molecular formula is C17H24N4. The summed E-state index contributed by atoms with van der Waals surface area (Å²) in [5, 5.41) is 9.86. The summed E-state index contributed by atoms with van der Waals surface area (Å²) in [7, 11) is 0. The molecule has 0 spiro atoms. The van der Waals surface area contributed by atoms with Gasteiger partial charge in [-0.15, -0.1) is 0 Å². The van der Waals surface area contributed by atoms with Gasteiger partial charge in [0.25, 0.3) is 0 Å². The topological polar surface area (TPSA) is 48.4 Å². The first-order chi connectivity index (χ1) is 10.3. The molecule has 0 saturated carbocycles. The zero-order chi connectivity index (χ0) is 14.5. The maximum Gasteiger partial charge on any atom is 0.0964 e. The summed E-state index contributed by atoms with van der Waals surface area (Å²) in [6, 6.07) is 11.8. The Morgan fingerprint density at radius 1 is 1.19 bits per heavy atom. The summed E-state index contributed by atoms with van der Waals surface area (Å²) >= 11 is 0. The van der Waals surface area contributed by atoms with Crippen molar-refractivity contribution in [3.05, 3.63) is 47.7 Å². The summed E-state index contributed by atoms with van der Waals surface area (Å²) in [5.74, 6) is 0. The molecule has 3 unspecified atom stereocenters. The van der Waals surface area contributed by atoms with Gasteiger partial charge in [0.2, 0.25) is 0 Å². The van der Waals surface area contributed by atoms with Gasteiger partial charge in [0.1, 0.15) is 0 Å². The molecular weight excluding hydrogens is 260 g/mol. The number of hydrogen-bond acceptors (Lipinski definition) is 4. The molecule has 0 amide bonds. The lowest BCUT2D eigenvalue weighted by molar-refractivity contribution is 0.567. The molecule has 4 rings (SSSR count). The van der Waals surface area contributed by atoms with Crippen molar-refractivity contribution in [3.63, 3.8) is 0 Å². The van der Waals surface area contributed by atoms with Gasteiger partial charge < -0.3 is 10.6 Å². The molecule has 4 nitrogen and oxygen atoms in total. The summed E-state index contributed by atoms with van der Waals surface area (Å²) in [4.78, 5) is 4.35. The molecule has 3 N–H and O–H groups in total. The number of aliphatic imine (C=N–C) groups is 1. The number of hydrogen-bond donors (Lipinski definition) is 3. The van der Waals surface area contributed by atoms with E-state index in [1.807, 2.05) is 6.07 Å². The molecule has 1 saturated heterocycles. The van der Waals surface area contributed by atoms with Crippen LogP contribution in [-0.2, 0) is 0 Å². The number of nitrogens with one attached hydrogen (secondary N) is 3. The molecule has 3 aliphatic rings. The van der Waals surface area contributed by atoms with Crippen LogP contribution in [0.3, 0.4) is 0 Å². The van der Waals surface area contributed by atoms with E-state index in [0.29, 0.717) is 18.1 Å². The van der Waals surface area contributed by atoms with E-state index in [0.717, 1.165) is 6.67 Å². The van der Waals surface area contributed by atoms with Gasteiger partial charge in [0, 0.05) is 11.7 Å². The lowest BCUT2D eigenvalue weighted by Crippen LogP contribution is -2.23. The van der Waals surface area contributed by atoms with Crippen LogP contribution in [0.4, 0.5) is 0 Å². The molecule has 1 aromatic carbocycles. The normalized spacial score (nSPS) is 29.6. The molecule has 1 fully saturated rings. The quantitative estimate of drug-likeness (QED) is 0.742. The van der Waals surface area contributed by atoms with Crippen molar-refractivity contribution in [3.8, 4) is 0 Å². The van der Waals surface area contributed by atoms with Crippen LogP contribution >= 0.6 is 0 Å². The van der Waals surface area contributed by atoms with Crippen molar-refractivity contribution >= 4 is 6.34 Å². The smallest absolute Gasteiger partial charge is 0.0964 e. The van der Waals surface area contributed by atoms with Crippen LogP contribution in [-0.4, -0.2) is 25.1 Å². The van der Waals surface area contributed by atoms with Crippen LogP contribution in [0.5, 0.6) is 0 Å². The van der Waals surface area contributed by atoms with Gasteiger partial charge in [0.15, 0.2) is 0 Å². The van der Waals surface area contributed by atoms with Crippen LogP contribution in [0.15, 0.2) is 47.1 Å². The fourth-order valence-corrected chi connectivity index (χ4v) is 3.05. The van der Waals surface area contributed by atoms with Crippen molar-refractivity contribution in [1.29, 1.82) is 0 Å². The Kier molecular flexibility index (Phi) is 4.55. The van der Waals surface area contributed by atoms with Crippen molar-refractivity contribution in [1.82, 2.24) is 16.0 Å². The van der Waals surface area contributed by atoms with Crippen LogP contribution in [0.1, 0.15) is 37.8 Å². The van der Waals surface area contributed by atoms with Gasteiger partial charge in [-0.3, -0.25) is 10.3 Å². The van der Waals surface area contributed by atoms with E-state index in [-0.39, 0.29) is 0 Å². The van der Waals surface area contributed by atoms with E-state index in [9.17, 15) is 0 Å². The van der Waals surface area contributed by atoms with Crippen molar-refractivity contribution in [2.24, 2.45) is 4.99 Å². The van der Waals surface area contributed by atoms with Crippen molar-refractivity contribution in [2.45, 2.75) is 44.3 Å². The van der Waals surface area contributed by atoms with E-state index in [4.69, 9.17) is 0 Å². The highest BCUT2D eigenvalue weighted by Gasteiger charge is 2.21. The lowest BCUT2D eigenvalue weighted by Gasteiger charge is -2.15. The largest absolute Gasteiger partial charge is 0.375 e. The van der Waals surface area contributed by atoms with Crippen LogP contribution in [0, 0.1) is 0 Å². The number of allylic oxidation sites excluding steroid dienone is 1. The van der Waals surface area contributed by atoms with Crippen LogP contribution in [0.2, 0.25) is 0 Å². The minimum Gasteiger partial charge on any atom is -0.375 e. The first-order valence-corrected chi connectivity index (χ1v) is 7.84. The molecule has 2 heterocycles. The second kappa shape index (κ2) is 6.76. The highest BCUT2D eigenvalue weighted by Crippen LogP contribution is 2.22. The predicted molar refractivity (Wildman–Crippen MR) is 87.1 cm³/mol. The average molecular weight is 284 g/mol. The number of nitrogens with zero attached hydrogens (tertiary/aromatic N) is 1. The Morgan fingerprint density at radius 2 is 2.05 bits per heavy atom. The molecule has 1 aromatic rings. The maximum atomic E-state index is 4.35. The molecule has 1 aliphatic carbocycles. The third kappa shape index (κ3) is 3.45. The summed E-state index contributed by atoms with van der Waals surface area (Å²) in [5.41, 5.74) is 2.72. The van der Waals surface area contributed by atoms with Gasteiger partial charge in [-0.1, -0.05) is 36.4 Å². The van der Waals surface area contributed by atoms with Crippen molar-refractivity contribution < 1.29 is 0 Å². The molecule has 0 aromatic heterocycles. The lowest BCUT2D eigenvalue weighted by atomic mass is 10.0. The summed E-state index contributed by atoms with van der Waals surface area (Å²) in [6.45, 7) is 3.11. The Balaban J connectivity index is 0.000000131. The fraction of sp³-hybridized carbons (Fsp3) is 0.471. The standard InChI is InChI=1S/C10H12N2.C7H12N2/c1-8-10(12-7-11-8)9-5-3-2-4-6-9;1-2-4-7-6(3-1)8-5-9-7/h2-8,10H,1H3,(H,11,12);3,7-9H,1-2,4-5H2. The van der Waals surface area contributed by atoms with Gasteiger partial charge in [-0.2, -0.15) is 0 Å². The Morgan fingerprint density at radius 3 is 2.76 bits per heavy atom. The van der Waals surface area contributed by atoms with E-state index in [2.05, 4.69) is 58.2 Å². The second-order valence-corrected chi connectivity index (χ2v) is 5.79. The number of rotatable bonds is 1. The second-order valence-electron chi connectivity index (χ2n) is 5.79. The van der Waals surface area contributed by atoms with Gasteiger partial charge in [-0.25, -0.2) is 0 Å². The van der Waals surface area contributed by atoms with E-state index in [1.54, 1.807) is 6.34 Å². The summed E-state index contributed by atoms with van der Waals surface area (Å²) in [6.07, 6.45) is 8.04. The molecule has 21 heavy (non-hydrogen) atoms. The molecule has 2 aliphatic heterocycles. The van der Waals surface area contributed by atoms with E-state index in [1.165, 1.54) is 30.5 Å². The highest BCUT2D eigenvalue weighted by molar-refractivity contribution is 5.59. The third-order valence-electron chi connectivity index (χ3n) is 4.26.